The summed E-state index contributed by atoms with van der Waals surface area (Å²) in [4.78, 5) is 12.8. The highest BCUT2D eigenvalue weighted by Gasteiger charge is 2.67. The van der Waals surface area contributed by atoms with Crippen LogP contribution in [0.4, 0.5) is 5.69 Å². The van der Waals surface area contributed by atoms with Crippen LogP contribution in [0.3, 0.4) is 0 Å². The molecule has 3 nitrogen and oxygen atoms in total. The Labute approximate surface area is 134 Å². The predicted octanol–water partition coefficient (Wildman–Crippen LogP) is 3.20. The van der Waals surface area contributed by atoms with Crippen molar-refractivity contribution in [2.45, 2.75) is 19.3 Å². The number of nitrogens with one attached hydrogen (secondary N) is 1. The zero-order valence-electron chi connectivity index (χ0n) is 11.5. The number of amides is 1. The van der Waals surface area contributed by atoms with E-state index in [2.05, 4.69) is 5.32 Å². The van der Waals surface area contributed by atoms with Crippen LogP contribution in [-0.2, 0) is 4.79 Å². The highest BCUT2D eigenvalue weighted by Crippen LogP contribution is 2.69. The van der Waals surface area contributed by atoms with Crippen molar-refractivity contribution in [3.05, 3.63) is 28.8 Å². The number of halogens is 1. The van der Waals surface area contributed by atoms with Crippen molar-refractivity contribution in [2.24, 2.45) is 35.3 Å². The summed E-state index contributed by atoms with van der Waals surface area (Å²) in [5.41, 5.74) is 7.03. The van der Waals surface area contributed by atoms with Gasteiger partial charge in [-0.1, -0.05) is 23.8 Å². The van der Waals surface area contributed by atoms with Crippen LogP contribution in [0.5, 0.6) is 0 Å². The highest BCUT2D eigenvalue weighted by molar-refractivity contribution is 7.80. The van der Waals surface area contributed by atoms with Crippen LogP contribution in [-0.4, -0.2) is 10.9 Å². The summed E-state index contributed by atoms with van der Waals surface area (Å²) in [5.74, 6) is 3.11. The molecule has 3 fully saturated rings. The molecular formula is C16H17ClN2OS. The van der Waals surface area contributed by atoms with Gasteiger partial charge in [0.15, 0.2) is 0 Å². The molecule has 4 rings (SSSR count). The lowest BCUT2D eigenvalue weighted by molar-refractivity contribution is -0.118. The molecule has 0 heterocycles. The van der Waals surface area contributed by atoms with Crippen LogP contribution in [0.2, 0.25) is 5.02 Å². The Morgan fingerprint density at radius 3 is 2.57 bits per heavy atom. The molecule has 3 N–H and O–H groups in total. The third-order valence-corrected chi connectivity index (χ3v) is 6.00. The summed E-state index contributed by atoms with van der Waals surface area (Å²) >= 11 is 11.1. The van der Waals surface area contributed by atoms with E-state index in [0.717, 1.165) is 11.8 Å². The van der Waals surface area contributed by atoms with Crippen LogP contribution >= 0.6 is 23.8 Å². The van der Waals surface area contributed by atoms with Crippen molar-refractivity contribution >= 4 is 40.4 Å². The van der Waals surface area contributed by atoms with Crippen molar-refractivity contribution in [1.82, 2.24) is 0 Å². The molecule has 0 aliphatic heterocycles. The van der Waals surface area contributed by atoms with Crippen molar-refractivity contribution in [2.75, 3.05) is 5.32 Å². The third-order valence-electron chi connectivity index (χ3n) is 5.54. The molecule has 1 amide bonds. The van der Waals surface area contributed by atoms with E-state index < -0.39 is 0 Å². The SMILES string of the molecule is NC(=S)c1ccc(Cl)cc1NC(=O)C1C2C3CCC(C3)C12. The van der Waals surface area contributed by atoms with E-state index in [9.17, 15) is 4.79 Å². The average Bonchev–Trinajstić information content (AvgIpc) is 2.88. The van der Waals surface area contributed by atoms with Crippen LogP contribution in [0.25, 0.3) is 0 Å². The number of hydrogen-bond acceptors (Lipinski definition) is 2. The zero-order chi connectivity index (χ0) is 14.7. The number of anilines is 1. The zero-order valence-corrected chi connectivity index (χ0v) is 13.1. The highest BCUT2D eigenvalue weighted by atomic mass is 35.5. The Morgan fingerprint density at radius 1 is 1.29 bits per heavy atom. The average molecular weight is 321 g/mol. The molecule has 2 bridgehead atoms. The van der Waals surface area contributed by atoms with Gasteiger partial charge in [-0.3, -0.25) is 4.79 Å². The third kappa shape index (κ3) is 2.08. The van der Waals surface area contributed by atoms with Crippen LogP contribution in [0.1, 0.15) is 24.8 Å². The number of carbonyl (C=O) groups excluding carboxylic acids is 1. The summed E-state index contributed by atoms with van der Waals surface area (Å²) in [6.07, 6.45) is 3.96. The topological polar surface area (TPSA) is 55.1 Å². The number of hydrogen-bond donors (Lipinski definition) is 2. The first-order valence-corrected chi connectivity index (χ1v) is 8.25. The summed E-state index contributed by atoms with van der Waals surface area (Å²) in [6, 6.07) is 5.22. The minimum atomic E-state index is 0.112. The minimum Gasteiger partial charge on any atom is -0.389 e. The molecule has 0 spiro atoms. The molecule has 110 valence electrons. The van der Waals surface area contributed by atoms with E-state index in [4.69, 9.17) is 29.6 Å². The molecule has 1 aromatic rings. The van der Waals surface area contributed by atoms with Crippen molar-refractivity contribution in [3.63, 3.8) is 0 Å². The van der Waals surface area contributed by atoms with E-state index in [-0.39, 0.29) is 16.8 Å². The molecule has 0 saturated heterocycles. The summed E-state index contributed by atoms with van der Waals surface area (Å²) < 4.78 is 0. The monoisotopic (exact) mass is 320 g/mol. The fourth-order valence-corrected chi connectivity index (χ4v) is 5.08. The lowest BCUT2D eigenvalue weighted by atomic mass is 10.0. The fraction of sp³-hybridized carbons (Fsp3) is 0.500. The molecule has 4 atom stereocenters. The molecule has 3 aliphatic carbocycles. The van der Waals surface area contributed by atoms with Crippen LogP contribution < -0.4 is 11.1 Å². The van der Waals surface area contributed by atoms with Gasteiger partial charge in [0.05, 0.1) is 5.69 Å². The first-order chi connectivity index (χ1) is 10.1. The molecule has 0 radical (unpaired) electrons. The number of nitrogens with two attached hydrogens (primary N) is 1. The standard InChI is InChI=1S/C16H17ClN2OS/c17-9-3-4-10(15(18)21)11(6-9)19-16(20)14-12-7-1-2-8(5-7)13(12)14/h3-4,6-8,12-14H,1-2,5H2,(H2,18,21)(H,19,20). The molecule has 3 aliphatic rings. The Balaban J connectivity index is 1.53. The molecular weight excluding hydrogens is 304 g/mol. The number of carbonyl (C=O) groups is 1. The fourth-order valence-electron chi connectivity index (χ4n) is 4.73. The number of fused-ring (bicyclic) bond motifs is 5. The van der Waals surface area contributed by atoms with Crippen molar-refractivity contribution < 1.29 is 4.79 Å². The van der Waals surface area contributed by atoms with E-state index in [1.54, 1.807) is 18.2 Å². The lowest BCUT2D eigenvalue weighted by Crippen LogP contribution is -2.21. The quantitative estimate of drug-likeness (QED) is 0.841. The summed E-state index contributed by atoms with van der Waals surface area (Å²) in [6.45, 7) is 0. The van der Waals surface area contributed by atoms with Gasteiger partial charge in [0, 0.05) is 16.5 Å². The van der Waals surface area contributed by atoms with Crippen molar-refractivity contribution in [3.8, 4) is 0 Å². The Bertz CT molecular complexity index is 631. The molecule has 4 unspecified atom stereocenters. The second-order valence-corrected chi connectivity index (χ2v) is 7.43. The van der Waals surface area contributed by atoms with E-state index >= 15 is 0 Å². The molecule has 21 heavy (non-hydrogen) atoms. The van der Waals surface area contributed by atoms with Gasteiger partial charge in [0.2, 0.25) is 5.91 Å². The van der Waals surface area contributed by atoms with Gasteiger partial charge < -0.3 is 11.1 Å². The second-order valence-electron chi connectivity index (χ2n) is 6.56. The molecule has 0 aromatic heterocycles. The number of benzene rings is 1. The first kappa shape index (κ1) is 13.5. The van der Waals surface area contributed by atoms with Gasteiger partial charge >= 0.3 is 0 Å². The normalized spacial score (nSPS) is 35.4. The van der Waals surface area contributed by atoms with Gasteiger partial charge in [0.1, 0.15) is 4.99 Å². The first-order valence-electron chi connectivity index (χ1n) is 7.46. The largest absolute Gasteiger partial charge is 0.389 e. The maximum atomic E-state index is 12.6. The van der Waals surface area contributed by atoms with Crippen LogP contribution in [0.15, 0.2) is 18.2 Å². The Kier molecular flexibility index (Phi) is 3.02. The van der Waals surface area contributed by atoms with Crippen molar-refractivity contribution in [1.29, 1.82) is 0 Å². The van der Waals surface area contributed by atoms with E-state index in [1.807, 2.05) is 0 Å². The van der Waals surface area contributed by atoms with E-state index in [0.29, 0.717) is 28.1 Å². The van der Waals surface area contributed by atoms with Gasteiger partial charge in [-0.05, 0) is 61.1 Å². The number of rotatable bonds is 3. The van der Waals surface area contributed by atoms with Crippen LogP contribution in [0, 0.1) is 29.6 Å². The second kappa shape index (κ2) is 4.68. The number of thiocarbonyl (C=S) groups is 1. The van der Waals surface area contributed by atoms with Gasteiger partial charge in [-0.25, -0.2) is 0 Å². The predicted molar refractivity (Wildman–Crippen MR) is 87.3 cm³/mol. The summed E-state index contributed by atoms with van der Waals surface area (Å²) in [7, 11) is 0. The summed E-state index contributed by atoms with van der Waals surface area (Å²) in [5, 5.41) is 3.57. The van der Waals surface area contributed by atoms with E-state index in [1.165, 1.54) is 19.3 Å². The Morgan fingerprint density at radius 2 is 1.95 bits per heavy atom. The smallest absolute Gasteiger partial charge is 0.228 e. The van der Waals surface area contributed by atoms with Gasteiger partial charge in [-0.2, -0.15) is 0 Å². The molecule has 5 heteroatoms. The van der Waals surface area contributed by atoms with Gasteiger partial charge in [0.25, 0.3) is 0 Å². The Hall–Kier alpha value is -1.13. The lowest BCUT2D eigenvalue weighted by Gasteiger charge is -2.13. The maximum absolute atomic E-state index is 12.6. The molecule has 3 saturated carbocycles. The van der Waals surface area contributed by atoms with Gasteiger partial charge in [-0.15, -0.1) is 0 Å². The maximum Gasteiger partial charge on any atom is 0.228 e. The minimum absolute atomic E-state index is 0.112. The molecule has 1 aromatic carbocycles.